The number of aromatic nitrogens is 4. The minimum Gasteiger partial charge on any atom is -0.508 e. The van der Waals surface area contributed by atoms with Gasteiger partial charge in [-0.15, -0.1) is 0 Å². The lowest BCUT2D eigenvalue weighted by Crippen LogP contribution is -2.37. The van der Waals surface area contributed by atoms with Gasteiger partial charge in [0.1, 0.15) is 22.5 Å². The number of aryl methyl sites for hydroxylation is 2. The Labute approximate surface area is 212 Å². The second-order valence-corrected chi connectivity index (χ2v) is 7.88. The second-order valence-electron chi connectivity index (χ2n) is 7.88. The normalized spacial score (nSPS) is 10.6. The molecule has 6 N–H and O–H groups in total. The lowest BCUT2D eigenvalue weighted by atomic mass is 10.1. The van der Waals surface area contributed by atoms with Crippen molar-refractivity contribution >= 4 is 22.1 Å². The van der Waals surface area contributed by atoms with Gasteiger partial charge in [-0.25, -0.2) is 9.78 Å². The molecular weight excluding hydrogens is 504 g/mol. The number of aromatic hydroxyl groups is 5. The lowest BCUT2D eigenvalue weighted by Gasteiger charge is -2.08. The van der Waals surface area contributed by atoms with E-state index in [1.54, 1.807) is 18.7 Å². The third-order valence-electron chi connectivity index (χ3n) is 5.49. The molecular formula is C24H24N4O10. The highest BCUT2D eigenvalue weighted by atomic mass is 16.4. The average molecular weight is 528 g/mol. The molecule has 0 aliphatic heterocycles. The molecule has 0 atom stereocenters. The van der Waals surface area contributed by atoms with E-state index in [0.717, 1.165) is 35.9 Å². The molecule has 0 aliphatic carbocycles. The fourth-order valence-electron chi connectivity index (χ4n) is 3.61. The van der Waals surface area contributed by atoms with Crippen molar-refractivity contribution in [3.8, 4) is 40.1 Å². The summed E-state index contributed by atoms with van der Waals surface area (Å²) in [6, 6.07) is 5.64. The number of benzene rings is 2. The zero-order valence-electron chi connectivity index (χ0n) is 20.6. The molecule has 38 heavy (non-hydrogen) atoms. The first kappa shape index (κ1) is 27.3. The van der Waals surface area contributed by atoms with Gasteiger partial charge in [-0.1, -0.05) is 0 Å². The third-order valence-corrected chi connectivity index (χ3v) is 5.49. The maximum Gasteiger partial charge on any atom is 0.332 e. The predicted octanol–water partition coefficient (Wildman–Crippen LogP) is 0.567. The molecule has 3 aromatic heterocycles. The van der Waals surface area contributed by atoms with Crippen LogP contribution in [0.3, 0.4) is 0 Å². The predicted molar refractivity (Wildman–Crippen MR) is 136 cm³/mol. The molecule has 2 aromatic carbocycles. The Morgan fingerprint density at radius 2 is 1.47 bits per heavy atom. The quantitative estimate of drug-likeness (QED) is 0.165. The van der Waals surface area contributed by atoms with Crippen LogP contribution in [-0.2, 0) is 21.1 Å². The van der Waals surface area contributed by atoms with E-state index in [1.165, 1.54) is 24.0 Å². The van der Waals surface area contributed by atoms with Gasteiger partial charge in [-0.05, 0) is 18.2 Å². The largest absolute Gasteiger partial charge is 0.508 e. The molecule has 200 valence electrons. The van der Waals surface area contributed by atoms with Gasteiger partial charge in [-0.3, -0.25) is 18.7 Å². The number of aliphatic hydroxyl groups excluding tert-OH is 1. The van der Waals surface area contributed by atoms with Crippen LogP contribution in [0.5, 0.6) is 28.7 Å². The summed E-state index contributed by atoms with van der Waals surface area (Å²) in [7, 11) is 5.77. The maximum atomic E-state index is 12.1. The van der Waals surface area contributed by atoms with Crippen LogP contribution in [0.1, 0.15) is 0 Å². The number of phenolic OH excluding ortho intramolecular Hbond substituents is 4. The Kier molecular flexibility index (Phi) is 7.48. The van der Waals surface area contributed by atoms with Gasteiger partial charge in [0.05, 0.1) is 6.33 Å². The summed E-state index contributed by atoms with van der Waals surface area (Å²) in [5, 5.41) is 54.6. The first-order valence-electron chi connectivity index (χ1n) is 10.7. The SMILES string of the molecule is CO.Cn1c(=O)c2c(ncn2C)n(C)c1=O.O=c1c(O)c(-c2ccc(O)c(O)c2)oc2cc(O)cc(O)c12. The van der Waals surface area contributed by atoms with E-state index in [1.807, 2.05) is 0 Å². The zero-order valence-corrected chi connectivity index (χ0v) is 20.6. The van der Waals surface area contributed by atoms with Gasteiger partial charge >= 0.3 is 5.69 Å². The monoisotopic (exact) mass is 528 g/mol. The van der Waals surface area contributed by atoms with Crippen molar-refractivity contribution in [2.45, 2.75) is 0 Å². The number of hydrogen-bond acceptors (Lipinski definition) is 11. The van der Waals surface area contributed by atoms with Crippen LogP contribution in [0.15, 0.2) is 55.5 Å². The van der Waals surface area contributed by atoms with Gasteiger partial charge in [0.25, 0.3) is 5.56 Å². The summed E-state index contributed by atoms with van der Waals surface area (Å²) in [5.74, 6) is -2.71. The summed E-state index contributed by atoms with van der Waals surface area (Å²) >= 11 is 0. The van der Waals surface area contributed by atoms with Crippen LogP contribution >= 0.6 is 0 Å². The average Bonchev–Trinajstić information content (AvgIpc) is 3.28. The number of rotatable bonds is 1. The van der Waals surface area contributed by atoms with Gasteiger partial charge in [-0.2, -0.15) is 0 Å². The Balaban J connectivity index is 0.000000215. The van der Waals surface area contributed by atoms with Crippen LogP contribution in [0.25, 0.3) is 33.5 Å². The number of aliphatic hydroxyl groups is 1. The van der Waals surface area contributed by atoms with Gasteiger partial charge in [0, 0.05) is 45.9 Å². The minimum atomic E-state index is -0.888. The van der Waals surface area contributed by atoms with Crippen molar-refractivity contribution in [1.82, 2.24) is 18.7 Å². The molecule has 0 saturated heterocycles. The molecule has 0 bridgehead atoms. The molecule has 14 heteroatoms. The summed E-state index contributed by atoms with van der Waals surface area (Å²) in [4.78, 5) is 39.3. The molecule has 0 radical (unpaired) electrons. The highest BCUT2D eigenvalue weighted by Gasteiger charge is 2.19. The second kappa shape index (κ2) is 10.4. The van der Waals surface area contributed by atoms with Crippen molar-refractivity contribution in [3.05, 3.63) is 67.7 Å². The van der Waals surface area contributed by atoms with Gasteiger partial charge < -0.3 is 39.6 Å². The fourth-order valence-corrected chi connectivity index (χ4v) is 3.61. The Hall–Kier alpha value is -5.24. The van der Waals surface area contributed by atoms with E-state index in [0.29, 0.717) is 11.2 Å². The zero-order chi connectivity index (χ0) is 28.5. The van der Waals surface area contributed by atoms with Gasteiger partial charge in [0.15, 0.2) is 28.4 Å². The number of fused-ring (bicyclic) bond motifs is 2. The van der Waals surface area contributed by atoms with E-state index in [9.17, 15) is 39.9 Å². The molecule has 0 aliphatic rings. The molecule has 0 unspecified atom stereocenters. The number of hydrogen-bond donors (Lipinski definition) is 6. The third kappa shape index (κ3) is 4.62. The summed E-state index contributed by atoms with van der Waals surface area (Å²) in [6.07, 6.45) is 1.52. The topological polar surface area (TPSA) is 213 Å². The maximum absolute atomic E-state index is 12.1. The Bertz CT molecular complexity index is 1850. The van der Waals surface area contributed by atoms with Crippen LogP contribution in [0, 0.1) is 0 Å². The van der Waals surface area contributed by atoms with Crippen molar-refractivity contribution in [1.29, 1.82) is 0 Å². The number of phenols is 4. The van der Waals surface area contributed by atoms with Crippen molar-refractivity contribution < 1.29 is 35.1 Å². The van der Waals surface area contributed by atoms with E-state index in [4.69, 9.17) is 9.52 Å². The lowest BCUT2D eigenvalue weighted by molar-refractivity contribution is 0.399. The number of nitrogens with zero attached hydrogens (tertiary/aromatic N) is 4. The van der Waals surface area contributed by atoms with Crippen molar-refractivity contribution in [2.75, 3.05) is 7.11 Å². The van der Waals surface area contributed by atoms with Crippen molar-refractivity contribution in [3.63, 3.8) is 0 Å². The van der Waals surface area contributed by atoms with Crippen LogP contribution in [0.2, 0.25) is 0 Å². The minimum absolute atomic E-state index is 0.134. The first-order valence-corrected chi connectivity index (χ1v) is 10.7. The highest BCUT2D eigenvalue weighted by Crippen LogP contribution is 2.37. The Morgan fingerprint density at radius 1 is 0.816 bits per heavy atom. The summed E-state index contributed by atoms with van der Waals surface area (Å²) < 4.78 is 9.39. The van der Waals surface area contributed by atoms with Crippen LogP contribution < -0.4 is 16.7 Å². The Morgan fingerprint density at radius 3 is 2.11 bits per heavy atom. The van der Waals surface area contributed by atoms with E-state index >= 15 is 0 Å². The van der Waals surface area contributed by atoms with Gasteiger partial charge in [0.2, 0.25) is 11.2 Å². The van der Waals surface area contributed by atoms with E-state index in [-0.39, 0.29) is 45.0 Å². The highest BCUT2D eigenvalue weighted by molar-refractivity contribution is 5.88. The summed E-state index contributed by atoms with van der Waals surface area (Å²) in [6.45, 7) is 0. The van der Waals surface area contributed by atoms with E-state index in [2.05, 4.69) is 4.98 Å². The first-order chi connectivity index (χ1) is 17.9. The molecule has 5 aromatic rings. The fraction of sp³-hybridized carbons (Fsp3) is 0.167. The van der Waals surface area contributed by atoms with E-state index < -0.39 is 22.7 Å². The molecule has 5 rings (SSSR count). The molecule has 14 nitrogen and oxygen atoms in total. The molecule has 0 amide bonds. The standard InChI is InChI=1S/C15H10O7.C8H10N4O2.CH4O/c16-7-4-10(19)12-11(5-7)22-15(14(21)13(12)20)6-1-2-8(17)9(18)3-6;1-10-4-9-6-5(10)7(13)12(3)8(14)11(6)2;1-2/h1-5,16-19,21H;4H,1-3H3;2H,1H3. The molecule has 0 spiro atoms. The molecule has 0 saturated carbocycles. The van der Waals surface area contributed by atoms with Crippen LogP contribution in [-0.4, -0.2) is 56.4 Å². The molecule has 0 fully saturated rings. The van der Waals surface area contributed by atoms with Crippen molar-refractivity contribution in [2.24, 2.45) is 21.1 Å². The smallest absolute Gasteiger partial charge is 0.332 e. The van der Waals surface area contributed by atoms with Crippen LogP contribution in [0.4, 0.5) is 0 Å². The summed E-state index contributed by atoms with van der Waals surface area (Å²) in [5.41, 5.74) is -0.710. The molecule has 3 heterocycles. The number of imidazole rings is 1.